The lowest BCUT2D eigenvalue weighted by atomic mass is 9.84. The molecule has 0 radical (unpaired) electrons. The molecule has 0 aliphatic carbocycles. The highest BCUT2D eigenvalue weighted by Crippen LogP contribution is 2.29. The van der Waals surface area contributed by atoms with Crippen molar-refractivity contribution in [3.63, 3.8) is 0 Å². The highest BCUT2D eigenvalue weighted by Gasteiger charge is 2.23. The number of anilines is 1. The Hall–Kier alpha value is -2.43. The number of benzene rings is 1. The van der Waals surface area contributed by atoms with E-state index in [-0.39, 0.29) is 5.82 Å². The van der Waals surface area contributed by atoms with Gasteiger partial charge < -0.3 is 10.0 Å². The molecule has 2 heterocycles. The van der Waals surface area contributed by atoms with Crippen LogP contribution in [-0.2, 0) is 6.42 Å². The minimum absolute atomic E-state index is 0.316. The lowest BCUT2D eigenvalue weighted by Gasteiger charge is -2.33. The average molecular weight is 356 g/mol. The largest absolute Gasteiger partial charge is 0.478 e. The van der Waals surface area contributed by atoms with Gasteiger partial charge in [0.15, 0.2) is 0 Å². The second kappa shape index (κ2) is 7.44. The van der Waals surface area contributed by atoms with Crippen molar-refractivity contribution in [3.8, 4) is 0 Å². The van der Waals surface area contributed by atoms with Crippen LogP contribution in [0.15, 0.2) is 24.4 Å². The first-order valence-corrected chi connectivity index (χ1v) is 9.06. The van der Waals surface area contributed by atoms with Crippen LogP contribution in [0.4, 0.5) is 10.2 Å². The second-order valence-corrected chi connectivity index (χ2v) is 7.26. The van der Waals surface area contributed by atoms with Gasteiger partial charge in [-0.15, -0.1) is 0 Å². The van der Waals surface area contributed by atoms with E-state index in [0.29, 0.717) is 11.5 Å². The van der Waals surface area contributed by atoms with Crippen molar-refractivity contribution in [3.05, 3.63) is 58.0 Å². The number of hydrogen-bond donors (Lipinski definition) is 1. The minimum atomic E-state index is -0.849. The number of carboxylic acids is 1. The molecule has 5 heteroatoms. The SMILES string of the molecule is Cc1cc(C)c(C(=O)O)c(C)c1CC1CCN(c2ccc(F)cn2)CC1. The molecule has 2 aromatic rings. The van der Waals surface area contributed by atoms with Gasteiger partial charge in [-0.2, -0.15) is 0 Å². The van der Waals surface area contributed by atoms with Crippen LogP contribution < -0.4 is 4.90 Å². The van der Waals surface area contributed by atoms with Crippen LogP contribution >= 0.6 is 0 Å². The van der Waals surface area contributed by atoms with Crippen LogP contribution in [-0.4, -0.2) is 29.1 Å². The van der Waals surface area contributed by atoms with Gasteiger partial charge in [-0.3, -0.25) is 0 Å². The number of carbonyl (C=O) groups is 1. The molecule has 0 atom stereocenters. The van der Waals surface area contributed by atoms with E-state index in [1.54, 1.807) is 6.07 Å². The van der Waals surface area contributed by atoms with E-state index >= 15 is 0 Å². The van der Waals surface area contributed by atoms with Crippen molar-refractivity contribution in [2.45, 2.75) is 40.0 Å². The quantitative estimate of drug-likeness (QED) is 0.887. The monoisotopic (exact) mass is 356 g/mol. The predicted octanol–water partition coefficient (Wildman–Crippen LogP) is 4.30. The molecule has 1 aliphatic rings. The fourth-order valence-corrected chi connectivity index (χ4v) is 4.08. The number of hydrogen-bond acceptors (Lipinski definition) is 3. The summed E-state index contributed by atoms with van der Waals surface area (Å²) in [6, 6.07) is 5.16. The molecule has 1 saturated heterocycles. The first-order chi connectivity index (χ1) is 12.4. The van der Waals surface area contributed by atoms with Crippen molar-refractivity contribution in [1.29, 1.82) is 0 Å². The van der Waals surface area contributed by atoms with Gasteiger partial charge >= 0.3 is 5.97 Å². The standard InChI is InChI=1S/C21H25FN2O2/c1-13-10-14(2)20(21(25)26)15(3)18(13)11-16-6-8-24(9-7-16)19-5-4-17(22)12-23-19/h4-5,10,12,16H,6-9,11H2,1-3H3,(H,25,26). The molecule has 1 N–H and O–H groups in total. The van der Waals surface area contributed by atoms with Crippen LogP contribution in [0.25, 0.3) is 0 Å². The molecule has 0 saturated carbocycles. The maximum atomic E-state index is 13.0. The van der Waals surface area contributed by atoms with Gasteiger partial charge in [0.2, 0.25) is 0 Å². The summed E-state index contributed by atoms with van der Waals surface area (Å²) in [6.45, 7) is 7.63. The minimum Gasteiger partial charge on any atom is -0.478 e. The zero-order valence-corrected chi connectivity index (χ0v) is 15.6. The lowest BCUT2D eigenvalue weighted by Crippen LogP contribution is -2.35. The maximum absolute atomic E-state index is 13.0. The molecule has 26 heavy (non-hydrogen) atoms. The molecule has 0 amide bonds. The van der Waals surface area contributed by atoms with Gasteiger partial charge in [-0.25, -0.2) is 14.2 Å². The summed E-state index contributed by atoms with van der Waals surface area (Å²) in [5, 5.41) is 9.51. The highest BCUT2D eigenvalue weighted by atomic mass is 19.1. The summed E-state index contributed by atoms with van der Waals surface area (Å²) >= 11 is 0. The molecule has 0 bridgehead atoms. The third kappa shape index (κ3) is 3.71. The van der Waals surface area contributed by atoms with Crippen LogP contribution in [0.1, 0.15) is 45.5 Å². The van der Waals surface area contributed by atoms with Gasteiger partial charge in [-0.1, -0.05) is 6.07 Å². The molecule has 4 nitrogen and oxygen atoms in total. The number of pyridine rings is 1. The second-order valence-electron chi connectivity index (χ2n) is 7.26. The van der Waals surface area contributed by atoms with Crippen LogP contribution in [0.2, 0.25) is 0 Å². The van der Waals surface area contributed by atoms with Crippen molar-refractivity contribution in [2.24, 2.45) is 5.92 Å². The summed E-state index contributed by atoms with van der Waals surface area (Å²) in [5.41, 5.74) is 4.52. The fraction of sp³-hybridized carbons (Fsp3) is 0.429. The van der Waals surface area contributed by atoms with Gasteiger partial charge in [0, 0.05) is 13.1 Å². The molecular weight excluding hydrogens is 331 g/mol. The highest BCUT2D eigenvalue weighted by molar-refractivity contribution is 5.91. The summed E-state index contributed by atoms with van der Waals surface area (Å²) < 4.78 is 13.0. The van der Waals surface area contributed by atoms with E-state index < -0.39 is 5.97 Å². The zero-order chi connectivity index (χ0) is 18.8. The number of aryl methyl sites for hydroxylation is 2. The van der Waals surface area contributed by atoms with E-state index in [2.05, 4.69) is 16.8 Å². The molecule has 0 spiro atoms. The Kier molecular flexibility index (Phi) is 5.25. The number of aromatic carboxylic acids is 1. The first kappa shape index (κ1) is 18.4. The van der Waals surface area contributed by atoms with Crippen LogP contribution in [0.5, 0.6) is 0 Å². The van der Waals surface area contributed by atoms with Gasteiger partial charge in [0.05, 0.1) is 11.8 Å². The molecule has 0 unspecified atom stereocenters. The molecule has 138 valence electrons. The van der Waals surface area contributed by atoms with Crippen LogP contribution in [0.3, 0.4) is 0 Å². The normalized spacial score (nSPS) is 15.3. The Balaban J connectivity index is 1.71. The van der Waals surface area contributed by atoms with Crippen molar-refractivity contribution >= 4 is 11.8 Å². The zero-order valence-electron chi connectivity index (χ0n) is 15.6. The Morgan fingerprint density at radius 1 is 1.23 bits per heavy atom. The molecule has 3 rings (SSSR count). The number of rotatable bonds is 4. The molecule has 1 aliphatic heterocycles. The summed E-state index contributed by atoms with van der Waals surface area (Å²) in [4.78, 5) is 17.9. The predicted molar refractivity (Wildman–Crippen MR) is 100 cm³/mol. The number of piperidine rings is 1. The lowest BCUT2D eigenvalue weighted by molar-refractivity contribution is 0.0695. The third-order valence-electron chi connectivity index (χ3n) is 5.49. The van der Waals surface area contributed by atoms with E-state index in [0.717, 1.165) is 49.3 Å². The van der Waals surface area contributed by atoms with Gasteiger partial charge in [-0.05, 0) is 80.3 Å². The van der Waals surface area contributed by atoms with Gasteiger partial charge in [0.25, 0.3) is 0 Å². The average Bonchev–Trinajstić information content (AvgIpc) is 2.59. The Bertz CT molecular complexity index is 810. The number of carboxylic acid groups (broad SMARTS) is 1. The Morgan fingerprint density at radius 3 is 2.50 bits per heavy atom. The van der Waals surface area contributed by atoms with Crippen molar-refractivity contribution in [2.75, 3.05) is 18.0 Å². The summed E-state index contributed by atoms with van der Waals surface area (Å²) in [5.74, 6) is 0.177. The van der Waals surface area contributed by atoms with E-state index in [4.69, 9.17) is 0 Å². The fourth-order valence-electron chi connectivity index (χ4n) is 4.08. The van der Waals surface area contributed by atoms with Gasteiger partial charge in [0.1, 0.15) is 11.6 Å². The number of aromatic nitrogens is 1. The summed E-state index contributed by atoms with van der Waals surface area (Å²) in [7, 11) is 0. The molecule has 1 aromatic heterocycles. The van der Waals surface area contributed by atoms with Crippen molar-refractivity contribution in [1.82, 2.24) is 4.98 Å². The van der Waals surface area contributed by atoms with E-state index in [1.165, 1.54) is 23.4 Å². The smallest absolute Gasteiger partial charge is 0.336 e. The first-order valence-electron chi connectivity index (χ1n) is 9.06. The Morgan fingerprint density at radius 2 is 1.92 bits per heavy atom. The van der Waals surface area contributed by atoms with Crippen molar-refractivity contribution < 1.29 is 14.3 Å². The molecular formula is C21H25FN2O2. The molecule has 1 aromatic carbocycles. The third-order valence-corrected chi connectivity index (χ3v) is 5.49. The van der Waals surface area contributed by atoms with E-state index in [1.807, 2.05) is 19.9 Å². The number of nitrogens with zero attached hydrogens (tertiary/aromatic N) is 2. The molecule has 1 fully saturated rings. The van der Waals surface area contributed by atoms with Crippen LogP contribution in [0, 0.1) is 32.5 Å². The topological polar surface area (TPSA) is 53.4 Å². The maximum Gasteiger partial charge on any atom is 0.336 e. The number of halogens is 1. The Labute approximate surface area is 153 Å². The summed E-state index contributed by atoms with van der Waals surface area (Å²) in [6.07, 6.45) is 4.21. The van der Waals surface area contributed by atoms with E-state index in [9.17, 15) is 14.3 Å².